The smallest absolute Gasteiger partial charge is 0.0615 e. The highest BCUT2D eigenvalue weighted by molar-refractivity contribution is 4.74. The maximum absolute atomic E-state index is 5.12. The number of hydrogen-bond acceptors (Lipinski definition) is 2. The fourth-order valence-corrected chi connectivity index (χ4v) is 1.34. The summed E-state index contributed by atoms with van der Waals surface area (Å²) >= 11 is 0. The van der Waals surface area contributed by atoms with Crippen molar-refractivity contribution >= 4 is 0 Å². The van der Waals surface area contributed by atoms with Crippen LogP contribution in [-0.4, -0.2) is 25.8 Å². The Kier molecular flexibility index (Phi) is 8.05. The lowest BCUT2D eigenvalue weighted by atomic mass is 10.1. The molecule has 2 heteroatoms. The summed E-state index contributed by atoms with van der Waals surface area (Å²) in [7, 11) is 1.75. The van der Waals surface area contributed by atoms with Gasteiger partial charge in [-0.2, -0.15) is 0 Å². The summed E-state index contributed by atoms with van der Waals surface area (Å²) in [4.78, 5) is 0. The van der Waals surface area contributed by atoms with E-state index in [9.17, 15) is 0 Å². The predicted molar refractivity (Wildman–Crippen MR) is 58.0 cm³/mol. The fourth-order valence-electron chi connectivity index (χ4n) is 1.34. The van der Waals surface area contributed by atoms with Gasteiger partial charge in [0.05, 0.1) is 6.61 Å². The van der Waals surface area contributed by atoms with Gasteiger partial charge in [0.1, 0.15) is 0 Å². The summed E-state index contributed by atoms with van der Waals surface area (Å²) in [6, 6.07) is 1.04. The van der Waals surface area contributed by atoms with Crippen molar-refractivity contribution in [2.24, 2.45) is 0 Å². The molecule has 0 aliphatic heterocycles. The number of ether oxygens (including phenoxy) is 1. The van der Waals surface area contributed by atoms with Crippen LogP contribution in [0.15, 0.2) is 12.7 Å². The van der Waals surface area contributed by atoms with Gasteiger partial charge in [-0.05, 0) is 26.2 Å². The van der Waals surface area contributed by atoms with Crippen molar-refractivity contribution < 1.29 is 4.74 Å². The van der Waals surface area contributed by atoms with Crippen molar-refractivity contribution in [1.82, 2.24) is 5.32 Å². The molecule has 13 heavy (non-hydrogen) atoms. The van der Waals surface area contributed by atoms with Gasteiger partial charge < -0.3 is 10.1 Å². The Hall–Kier alpha value is -0.340. The molecule has 0 saturated carbocycles. The Labute approximate surface area is 82.4 Å². The van der Waals surface area contributed by atoms with Gasteiger partial charge >= 0.3 is 0 Å². The second-order valence-electron chi connectivity index (χ2n) is 3.49. The minimum atomic E-state index is 0.491. The average molecular weight is 185 g/mol. The van der Waals surface area contributed by atoms with Crippen LogP contribution in [0.2, 0.25) is 0 Å². The lowest BCUT2D eigenvalue weighted by Crippen LogP contribution is -2.38. The van der Waals surface area contributed by atoms with E-state index in [4.69, 9.17) is 4.74 Å². The molecule has 0 fully saturated rings. The first-order valence-corrected chi connectivity index (χ1v) is 5.10. The second kappa shape index (κ2) is 8.27. The van der Waals surface area contributed by atoms with Crippen LogP contribution in [0.25, 0.3) is 0 Å². The highest BCUT2D eigenvalue weighted by Crippen LogP contribution is 2.00. The molecule has 0 radical (unpaired) electrons. The minimum absolute atomic E-state index is 0.491. The van der Waals surface area contributed by atoms with E-state index in [1.807, 2.05) is 6.08 Å². The molecule has 0 rings (SSSR count). The molecule has 1 N–H and O–H groups in total. The van der Waals surface area contributed by atoms with Crippen LogP contribution < -0.4 is 5.32 Å². The molecule has 0 aromatic rings. The van der Waals surface area contributed by atoms with Crippen molar-refractivity contribution in [3.63, 3.8) is 0 Å². The van der Waals surface area contributed by atoms with Gasteiger partial charge in [0.2, 0.25) is 0 Å². The third kappa shape index (κ3) is 6.79. The standard InChI is InChI=1S/C11H23NO/c1-5-7-8-10(3)12-11(6-2)9-13-4/h5,10-12H,1,6-9H2,2-4H3. The topological polar surface area (TPSA) is 21.3 Å². The van der Waals surface area contributed by atoms with Crippen LogP contribution in [0, 0.1) is 0 Å². The summed E-state index contributed by atoms with van der Waals surface area (Å²) in [6.45, 7) is 8.90. The first kappa shape index (κ1) is 12.7. The lowest BCUT2D eigenvalue weighted by molar-refractivity contribution is 0.158. The van der Waals surface area contributed by atoms with E-state index >= 15 is 0 Å². The van der Waals surface area contributed by atoms with Crippen LogP contribution in [0.4, 0.5) is 0 Å². The zero-order valence-electron chi connectivity index (χ0n) is 9.18. The Bertz CT molecular complexity index is 125. The molecule has 0 aliphatic rings. The van der Waals surface area contributed by atoms with E-state index in [0.717, 1.165) is 25.9 Å². The van der Waals surface area contributed by atoms with Crippen molar-refractivity contribution in [3.8, 4) is 0 Å². The molecule has 0 spiro atoms. The molecule has 2 nitrogen and oxygen atoms in total. The third-order valence-electron chi connectivity index (χ3n) is 2.18. The molecule has 0 bridgehead atoms. The average Bonchev–Trinajstić information content (AvgIpc) is 2.14. The first-order chi connectivity index (χ1) is 6.24. The van der Waals surface area contributed by atoms with Gasteiger partial charge in [-0.1, -0.05) is 13.0 Å². The zero-order valence-corrected chi connectivity index (χ0v) is 9.18. The van der Waals surface area contributed by atoms with E-state index in [-0.39, 0.29) is 0 Å². The number of nitrogens with one attached hydrogen (secondary N) is 1. The Morgan fingerprint density at radius 3 is 2.69 bits per heavy atom. The van der Waals surface area contributed by atoms with E-state index in [1.165, 1.54) is 0 Å². The van der Waals surface area contributed by atoms with Gasteiger partial charge in [-0.25, -0.2) is 0 Å². The molecular formula is C11H23NO. The van der Waals surface area contributed by atoms with Crippen molar-refractivity contribution in [1.29, 1.82) is 0 Å². The van der Waals surface area contributed by atoms with Crippen LogP contribution in [0.5, 0.6) is 0 Å². The third-order valence-corrected chi connectivity index (χ3v) is 2.18. The summed E-state index contributed by atoms with van der Waals surface area (Å²) < 4.78 is 5.12. The molecule has 0 aliphatic carbocycles. The Morgan fingerprint density at radius 2 is 2.23 bits per heavy atom. The normalized spacial score (nSPS) is 15.3. The monoisotopic (exact) mass is 185 g/mol. The molecule has 2 unspecified atom stereocenters. The maximum atomic E-state index is 5.12. The molecular weight excluding hydrogens is 162 g/mol. The van der Waals surface area contributed by atoms with Gasteiger partial charge in [0, 0.05) is 19.2 Å². The highest BCUT2D eigenvalue weighted by Gasteiger charge is 2.08. The van der Waals surface area contributed by atoms with Crippen LogP contribution >= 0.6 is 0 Å². The quantitative estimate of drug-likeness (QED) is 0.586. The summed E-state index contributed by atoms with van der Waals surface area (Å²) in [6.07, 6.45) is 5.32. The van der Waals surface area contributed by atoms with Gasteiger partial charge in [0.15, 0.2) is 0 Å². The number of allylic oxidation sites excluding steroid dienone is 1. The van der Waals surface area contributed by atoms with Gasteiger partial charge in [-0.15, -0.1) is 6.58 Å². The molecule has 78 valence electrons. The maximum Gasteiger partial charge on any atom is 0.0615 e. The summed E-state index contributed by atoms with van der Waals surface area (Å²) in [5, 5.41) is 3.53. The summed E-state index contributed by atoms with van der Waals surface area (Å²) in [5.74, 6) is 0. The van der Waals surface area contributed by atoms with E-state index in [2.05, 4.69) is 25.7 Å². The van der Waals surface area contributed by atoms with Gasteiger partial charge in [-0.3, -0.25) is 0 Å². The van der Waals surface area contributed by atoms with E-state index in [0.29, 0.717) is 12.1 Å². The molecule has 0 aromatic heterocycles. The van der Waals surface area contributed by atoms with Crippen molar-refractivity contribution in [3.05, 3.63) is 12.7 Å². The second-order valence-corrected chi connectivity index (χ2v) is 3.49. The SMILES string of the molecule is C=CCCC(C)NC(CC)COC. The molecule has 2 atom stereocenters. The lowest BCUT2D eigenvalue weighted by Gasteiger charge is -2.21. The first-order valence-electron chi connectivity index (χ1n) is 5.10. The fraction of sp³-hybridized carbons (Fsp3) is 0.818. The molecule has 0 amide bonds. The van der Waals surface area contributed by atoms with Crippen molar-refractivity contribution in [2.75, 3.05) is 13.7 Å². The van der Waals surface area contributed by atoms with Crippen molar-refractivity contribution in [2.45, 2.75) is 45.2 Å². The van der Waals surface area contributed by atoms with Crippen LogP contribution in [0.1, 0.15) is 33.1 Å². The molecule has 0 aromatic carbocycles. The number of rotatable bonds is 8. The molecule has 0 saturated heterocycles. The predicted octanol–water partition coefficient (Wildman–Crippen LogP) is 2.36. The Morgan fingerprint density at radius 1 is 1.54 bits per heavy atom. The van der Waals surface area contributed by atoms with Crippen LogP contribution in [0.3, 0.4) is 0 Å². The molecule has 0 heterocycles. The van der Waals surface area contributed by atoms with Gasteiger partial charge in [0.25, 0.3) is 0 Å². The number of hydrogen-bond donors (Lipinski definition) is 1. The van der Waals surface area contributed by atoms with Crippen LogP contribution in [-0.2, 0) is 4.74 Å². The summed E-state index contributed by atoms with van der Waals surface area (Å²) in [5.41, 5.74) is 0. The Balaban J connectivity index is 3.58. The largest absolute Gasteiger partial charge is 0.383 e. The highest BCUT2D eigenvalue weighted by atomic mass is 16.5. The zero-order chi connectivity index (χ0) is 10.1. The minimum Gasteiger partial charge on any atom is -0.383 e. The number of methoxy groups -OCH3 is 1. The van der Waals surface area contributed by atoms with E-state index in [1.54, 1.807) is 7.11 Å². The van der Waals surface area contributed by atoms with E-state index < -0.39 is 0 Å².